The number of benzene rings is 1. The molecule has 1 saturated heterocycles. The van der Waals surface area contributed by atoms with Crippen molar-refractivity contribution in [2.24, 2.45) is 0 Å². The highest BCUT2D eigenvalue weighted by atomic mass is 32.2. The molecule has 1 aliphatic heterocycles. The molecule has 1 atom stereocenters. The molecule has 2 heterocycles. The van der Waals surface area contributed by atoms with Crippen molar-refractivity contribution in [2.75, 3.05) is 31.6 Å². The monoisotopic (exact) mass is 479 g/mol. The molecule has 174 valence electrons. The molecule has 0 saturated carbocycles. The van der Waals surface area contributed by atoms with Crippen molar-refractivity contribution in [3.05, 3.63) is 40.6 Å². The first-order valence-electron chi connectivity index (χ1n) is 10.8. The zero-order chi connectivity index (χ0) is 23.3. The number of hydrogen-bond acceptors (Lipinski definition) is 6. The van der Waals surface area contributed by atoms with Crippen LogP contribution in [0.15, 0.2) is 40.6 Å². The van der Waals surface area contributed by atoms with Gasteiger partial charge in [0, 0.05) is 19.6 Å². The maximum absolute atomic E-state index is 13.1. The second kappa shape index (κ2) is 10.5. The van der Waals surface area contributed by atoms with Crippen LogP contribution in [-0.4, -0.2) is 61.7 Å². The van der Waals surface area contributed by atoms with Crippen molar-refractivity contribution in [3.63, 3.8) is 0 Å². The van der Waals surface area contributed by atoms with Gasteiger partial charge >= 0.3 is 0 Å². The Morgan fingerprint density at radius 1 is 1.22 bits per heavy atom. The van der Waals surface area contributed by atoms with Crippen LogP contribution in [0, 0.1) is 0 Å². The summed E-state index contributed by atoms with van der Waals surface area (Å²) in [7, 11) is -3.70. The van der Waals surface area contributed by atoms with Gasteiger partial charge in [0.2, 0.25) is 15.9 Å². The van der Waals surface area contributed by atoms with E-state index in [-0.39, 0.29) is 22.4 Å². The summed E-state index contributed by atoms with van der Waals surface area (Å²) in [5.74, 6) is -0.139. The van der Waals surface area contributed by atoms with Gasteiger partial charge in [0.25, 0.3) is 5.91 Å². The minimum absolute atomic E-state index is 0.0814. The van der Waals surface area contributed by atoms with Gasteiger partial charge in [0.1, 0.15) is 11.8 Å². The average Bonchev–Trinajstić information content (AvgIpc) is 3.47. The number of amides is 2. The summed E-state index contributed by atoms with van der Waals surface area (Å²) in [6, 6.07) is 7.39. The second-order valence-electron chi connectivity index (χ2n) is 7.30. The molecule has 10 heteroatoms. The van der Waals surface area contributed by atoms with Gasteiger partial charge in [-0.25, -0.2) is 8.42 Å². The van der Waals surface area contributed by atoms with Crippen LogP contribution in [0.3, 0.4) is 0 Å². The summed E-state index contributed by atoms with van der Waals surface area (Å²) in [5.41, 5.74) is 0.278. The van der Waals surface area contributed by atoms with Crippen LogP contribution < -0.4 is 10.1 Å². The molecule has 1 aromatic carbocycles. The van der Waals surface area contributed by atoms with Gasteiger partial charge in [0.05, 0.1) is 22.1 Å². The average molecular weight is 480 g/mol. The summed E-state index contributed by atoms with van der Waals surface area (Å²) in [6.45, 7) is 6.91. The lowest BCUT2D eigenvalue weighted by Crippen LogP contribution is -2.43. The standard InChI is InChI=1S/C22H29N3O5S2/c1-4-24(5-2)32(28,29)16-11-12-19(30-6-3)17(15-16)23-21(26)18-9-7-13-25(18)22(27)20-10-8-14-31-20/h8,10-12,14-15,18H,4-7,9,13H2,1-3H3,(H,23,26). The molecule has 2 amide bonds. The fourth-order valence-electron chi connectivity index (χ4n) is 3.80. The molecule has 1 unspecified atom stereocenters. The maximum atomic E-state index is 13.1. The first kappa shape index (κ1) is 24.2. The van der Waals surface area contributed by atoms with Crippen LogP contribution >= 0.6 is 11.3 Å². The van der Waals surface area contributed by atoms with Crippen LogP contribution in [0.2, 0.25) is 0 Å². The van der Waals surface area contributed by atoms with Crippen LogP contribution in [-0.2, 0) is 14.8 Å². The summed E-state index contributed by atoms with van der Waals surface area (Å²) >= 11 is 1.34. The Hall–Kier alpha value is -2.43. The molecule has 1 fully saturated rings. The van der Waals surface area contributed by atoms with Crippen molar-refractivity contribution in [3.8, 4) is 5.75 Å². The normalized spacial score (nSPS) is 16.4. The third-order valence-electron chi connectivity index (χ3n) is 5.40. The quantitative estimate of drug-likeness (QED) is 0.595. The predicted octanol–water partition coefficient (Wildman–Crippen LogP) is 3.42. The van der Waals surface area contributed by atoms with E-state index in [0.29, 0.717) is 43.3 Å². The number of nitrogens with zero attached hydrogens (tertiary/aromatic N) is 2. The number of sulfonamides is 1. The Labute approximate surface area is 193 Å². The summed E-state index contributed by atoms with van der Waals surface area (Å²) in [4.78, 5) is 28.2. The summed E-state index contributed by atoms with van der Waals surface area (Å²) < 4.78 is 32.9. The summed E-state index contributed by atoms with van der Waals surface area (Å²) in [5, 5.41) is 4.65. The minimum Gasteiger partial charge on any atom is -0.492 e. The van der Waals surface area contributed by atoms with Crippen LogP contribution in [0.1, 0.15) is 43.3 Å². The van der Waals surface area contributed by atoms with Crippen molar-refractivity contribution < 1.29 is 22.7 Å². The zero-order valence-electron chi connectivity index (χ0n) is 18.5. The number of hydrogen-bond donors (Lipinski definition) is 1. The zero-order valence-corrected chi connectivity index (χ0v) is 20.2. The number of rotatable bonds is 9. The van der Waals surface area contributed by atoms with Gasteiger partial charge in [-0.2, -0.15) is 4.31 Å². The van der Waals surface area contributed by atoms with Crippen LogP contribution in [0.25, 0.3) is 0 Å². The molecule has 1 aromatic heterocycles. The molecular weight excluding hydrogens is 450 g/mol. The number of anilines is 1. The Morgan fingerprint density at radius 3 is 2.59 bits per heavy atom. The molecule has 2 aromatic rings. The van der Waals surface area contributed by atoms with Gasteiger partial charge in [-0.05, 0) is 49.4 Å². The van der Waals surface area contributed by atoms with E-state index in [9.17, 15) is 18.0 Å². The smallest absolute Gasteiger partial charge is 0.264 e. The molecule has 3 rings (SSSR count). The Bertz CT molecular complexity index is 1050. The lowest BCUT2D eigenvalue weighted by atomic mass is 10.2. The maximum Gasteiger partial charge on any atom is 0.264 e. The highest BCUT2D eigenvalue weighted by Crippen LogP contribution is 2.31. The van der Waals surface area contributed by atoms with Crippen molar-refractivity contribution in [2.45, 2.75) is 44.6 Å². The van der Waals surface area contributed by atoms with Crippen molar-refractivity contribution >= 4 is 38.9 Å². The Balaban J connectivity index is 1.87. The molecular formula is C22H29N3O5S2. The topological polar surface area (TPSA) is 96.0 Å². The van der Waals surface area contributed by atoms with E-state index in [1.807, 2.05) is 12.3 Å². The van der Waals surface area contributed by atoms with Crippen LogP contribution in [0.5, 0.6) is 5.75 Å². The first-order chi connectivity index (χ1) is 15.3. The Kier molecular flexibility index (Phi) is 7.91. The largest absolute Gasteiger partial charge is 0.492 e. The lowest BCUT2D eigenvalue weighted by molar-refractivity contribution is -0.119. The SMILES string of the molecule is CCOc1ccc(S(=O)(=O)N(CC)CC)cc1NC(=O)C1CCCN1C(=O)c1cccs1. The van der Waals surface area contributed by atoms with Gasteiger partial charge in [-0.1, -0.05) is 19.9 Å². The lowest BCUT2D eigenvalue weighted by Gasteiger charge is -2.24. The van der Waals surface area contributed by atoms with E-state index in [2.05, 4.69) is 5.32 Å². The fourth-order valence-corrected chi connectivity index (χ4v) is 5.97. The molecule has 32 heavy (non-hydrogen) atoms. The van der Waals surface area contributed by atoms with Gasteiger partial charge in [-0.3, -0.25) is 9.59 Å². The molecule has 1 aliphatic rings. The number of carbonyl (C=O) groups excluding carboxylic acids is 2. The Morgan fingerprint density at radius 2 is 1.97 bits per heavy atom. The number of carbonyl (C=O) groups is 2. The van der Waals surface area contributed by atoms with Gasteiger partial charge in [-0.15, -0.1) is 11.3 Å². The number of likely N-dealkylation sites (tertiary alicyclic amines) is 1. The van der Waals surface area contributed by atoms with E-state index in [0.717, 1.165) is 6.42 Å². The molecule has 0 radical (unpaired) electrons. The number of nitrogens with one attached hydrogen (secondary N) is 1. The van der Waals surface area contributed by atoms with E-state index >= 15 is 0 Å². The van der Waals surface area contributed by atoms with E-state index < -0.39 is 16.1 Å². The van der Waals surface area contributed by atoms with Crippen LogP contribution in [0.4, 0.5) is 5.69 Å². The number of thiophene rings is 1. The highest BCUT2D eigenvalue weighted by molar-refractivity contribution is 7.89. The van der Waals surface area contributed by atoms with Crippen molar-refractivity contribution in [1.29, 1.82) is 0 Å². The number of ether oxygens (including phenoxy) is 1. The fraction of sp³-hybridized carbons (Fsp3) is 0.455. The van der Waals surface area contributed by atoms with Gasteiger partial charge < -0.3 is 15.0 Å². The molecule has 0 aliphatic carbocycles. The third kappa shape index (κ3) is 4.97. The molecule has 0 bridgehead atoms. The molecule has 8 nitrogen and oxygen atoms in total. The minimum atomic E-state index is -3.70. The molecule has 1 N–H and O–H groups in total. The molecule has 0 spiro atoms. The van der Waals surface area contributed by atoms with Gasteiger partial charge in [0.15, 0.2) is 0 Å². The highest BCUT2D eigenvalue weighted by Gasteiger charge is 2.35. The summed E-state index contributed by atoms with van der Waals surface area (Å²) in [6.07, 6.45) is 1.27. The first-order valence-corrected chi connectivity index (χ1v) is 13.1. The third-order valence-corrected chi connectivity index (χ3v) is 8.30. The predicted molar refractivity (Wildman–Crippen MR) is 125 cm³/mol. The van der Waals surface area contributed by atoms with E-state index in [4.69, 9.17) is 4.74 Å². The van der Waals surface area contributed by atoms with Crippen molar-refractivity contribution in [1.82, 2.24) is 9.21 Å². The second-order valence-corrected chi connectivity index (χ2v) is 10.2. The van der Waals surface area contributed by atoms with E-state index in [1.165, 1.54) is 27.8 Å². The van der Waals surface area contributed by atoms with E-state index in [1.54, 1.807) is 36.9 Å².